The van der Waals surface area contributed by atoms with E-state index in [1.165, 1.54) is 7.11 Å². The Morgan fingerprint density at radius 2 is 1.57 bits per heavy atom. The number of ether oxygens (including phenoxy) is 3. The van der Waals surface area contributed by atoms with Crippen molar-refractivity contribution in [2.24, 2.45) is 10.8 Å². The van der Waals surface area contributed by atoms with E-state index in [-0.39, 0.29) is 34.9 Å². The highest BCUT2D eigenvalue weighted by Crippen LogP contribution is 2.54. The van der Waals surface area contributed by atoms with Crippen LogP contribution in [0.25, 0.3) is 0 Å². The highest BCUT2D eigenvalue weighted by Gasteiger charge is 2.48. The number of halogens is 1. The minimum atomic E-state index is -0.567. The molecule has 1 heterocycles. The van der Waals surface area contributed by atoms with Crippen LogP contribution in [-0.4, -0.2) is 31.2 Å². The van der Waals surface area contributed by atoms with Gasteiger partial charge in [0.15, 0.2) is 29.7 Å². The van der Waals surface area contributed by atoms with Gasteiger partial charge in [0.1, 0.15) is 11.5 Å². The van der Waals surface area contributed by atoms with Crippen LogP contribution in [0.4, 0.5) is 5.69 Å². The molecule has 3 aliphatic rings. The van der Waals surface area contributed by atoms with Gasteiger partial charge in [0.05, 0.1) is 11.6 Å². The predicted octanol–water partition coefficient (Wildman–Crippen LogP) is 7.49. The third-order valence-electron chi connectivity index (χ3n) is 8.39. The lowest BCUT2D eigenvalue weighted by molar-refractivity contribution is -0.120. The number of ketones is 2. The summed E-state index contributed by atoms with van der Waals surface area (Å²) >= 11 is 3.62. The lowest BCUT2D eigenvalue weighted by atomic mass is 9.65. The van der Waals surface area contributed by atoms with Crippen LogP contribution in [0.15, 0.2) is 57.5 Å². The molecular weight excluding hydrogens is 598 g/mol. The van der Waals surface area contributed by atoms with Crippen molar-refractivity contribution in [3.63, 3.8) is 0 Å². The lowest BCUT2D eigenvalue weighted by Gasteiger charge is -2.42. The van der Waals surface area contributed by atoms with Crippen molar-refractivity contribution in [1.29, 1.82) is 0 Å². The quantitative estimate of drug-likeness (QED) is 0.354. The molecule has 1 amide bonds. The van der Waals surface area contributed by atoms with Crippen LogP contribution in [0.3, 0.4) is 0 Å². The number of aryl methyl sites for hydroxylation is 1. The molecule has 0 saturated carbocycles. The van der Waals surface area contributed by atoms with Gasteiger partial charge in [-0.25, -0.2) is 0 Å². The van der Waals surface area contributed by atoms with E-state index in [0.717, 1.165) is 22.4 Å². The summed E-state index contributed by atoms with van der Waals surface area (Å²) in [7, 11) is 1.52. The van der Waals surface area contributed by atoms with Crippen LogP contribution in [0.5, 0.6) is 11.5 Å². The highest BCUT2D eigenvalue weighted by atomic mass is 79.9. The summed E-state index contributed by atoms with van der Waals surface area (Å²) in [5.74, 6) is 1.18. The Labute approximate surface area is 255 Å². The van der Waals surface area contributed by atoms with Crippen molar-refractivity contribution < 1.29 is 28.6 Å². The van der Waals surface area contributed by atoms with Crippen LogP contribution in [0.1, 0.15) is 76.0 Å². The molecule has 2 aromatic carbocycles. The first-order valence-electron chi connectivity index (χ1n) is 14.3. The third kappa shape index (κ3) is 5.78. The Kier molecular flexibility index (Phi) is 7.90. The fourth-order valence-electron chi connectivity index (χ4n) is 6.26. The maximum Gasteiger partial charge on any atom is 0.262 e. The average molecular weight is 637 g/mol. The number of methoxy groups -OCH3 is 1. The van der Waals surface area contributed by atoms with E-state index in [1.807, 2.05) is 38.1 Å². The van der Waals surface area contributed by atoms with E-state index in [4.69, 9.17) is 14.2 Å². The Hall–Kier alpha value is -3.39. The molecule has 2 aromatic rings. The van der Waals surface area contributed by atoms with Crippen molar-refractivity contribution in [1.82, 2.24) is 0 Å². The van der Waals surface area contributed by atoms with Crippen LogP contribution in [0, 0.1) is 24.7 Å². The van der Waals surface area contributed by atoms with Crippen molar-refractivity contribution in [2.45, 2.75) is 73.1 Å². The van der Waals surface area contributed by atoms with Gasteiger partial charge < -0.3 is 19.5 Å². The largest absolute Gasteiger partial charge is 0.493 e. The number of benzene rings is 2. The van der Waals surface area contributed by atoms with Crippen molar-refractivity contribution >= 4 is 39.1 Å². The summed E-state index contributed by atoms with van der Waals surface area (Å²) in [4.78, 5) is 40.0. The third-order valence-corrected chi connectivity index (χ3v) is 8.98. The molecule has 0 fully saturated rings. The molecule has 1 N–H and O–H groups in total. The normalized spacial score (nSPS) is 19.6. The molecule has 8 heteroatoms. The van der Waals surface area contributed by atoms with E-state index >= 15 is 0 Å². The summed E-state index contributed by atoms with van der Waals surface area (Å²) in [5, 5.41) is 2.91. The Morgan fingerprint density at radius 1 is 0.976 bits per heavy atom. The van der Waals surface area contributed by atoms with Crippen LogP contribution in [0.2, 0.25) is 0 Å². The molecule has 5 rings (SSSR count). The minimum absolute atomic E-state index is 0.00559. The fourth-order valence-corrected chi connectivity index (χ4v) is 6.84. The fraction of sp³-hybridized carbons (Fsp3) is 0.441. The van der Waals surface area contributed by atoms with Crippen molar-refractivity contribution in [2.75, 3.05) is 19.0 Å². The van der Waals surface area contributed by atoms with Crippen LogP contribution in [-0.2, 0) is 19.1 Å². The van der Waals surface area contributed by atoms with E-state index < -0.39 is 5.92 Å². The van der Waals surface area contributed by atoms with E-state index in [1.54, 1.807) is 6.07 Å². The monoisotopic (exact) mass is 635 g/mol. The smallest absolute Gasteiger partial charge is 0.262 e. The highest BCUT2D eigenvalue weighted by molar-refractivity contribution is 9.10. The molecule has 0 spiro atoms. The number of allylic oxidation sites excluding steroid dienone is 4. The topological polar surface area (TPSA) is 90.9 Å². The Balaban J connectivity index is 1.50. The van der Waals surface area contributed by atoms with Gasteiger partial charge in [-0.15, -0.1) is 0 Å². The van der Waals surface area contributed by atoms with Crippen LogP contribution < -0.4 is 14.8 Å². The first kappa shape index (κ1) is 30.1. The number of rotatable bonds is 6. The maximum atomic E-state index is 13.6. The number of carbonyl (C=O) groups excluding carboxylic acids is 3. The van der Waals surface area contributed by atoms with Gasteiger partial charge in [-0.1, -0.05) is 39.8 Å². The molecule has 0 aromatic heterocycles. The van der Waals surface area contributed by atoms with Crippen molar-refractivity contribution in [3.05, 3.63) is 74.2 Å². The number of anilines is 1. The molecular formula is C34H38BrNO6. The zero-order chi connectivity index (χ0) is 30.6. The van der Waals surface area contributed by atoms with Gasteiger partial charge in [-0.3, -0.25) is 14.4 Å². The summed E-state index contributed by atoms with van der Waals surface area (Å²) in [6.07, 6.45) is 1.99. The second-order valence-electron chi connectivity index (χ2n) is 13.2. The SMILES string of the molecule is COc1cc(C2C3=C(CC(C)(C)CC3=O)OC3=C2C(=O)CC(C)(C)C3)cc(Br)c1OCC(=O)Nc1cccc(C)c1C. The molecule has 0 unspecified atom stereocenters. The molecule has 0 atom stereocenters. The maximum absolute atomic E-state index is 13.6. The van der Waals surface area contributed by atoms with Crippen molar-refractivity contribution in [3.8, 4) is 11.5 Å². The molecule has 222 valence electrons. The predicted molar refractivity (Wildman–Crippen MR) is 165 cm³/mol. The van der Waals surface area contributed by atoms with Crippen LogP contribution >= 0.6 is 15.9 Å². The molecule has 42 heavy (non-hydrogen) atoms. The molecule has 7 nitrogen and oxygen atoms in total. The zero-order valence-electron chi connectivity index (χ0n) is 25.3. The molecule has 0 saturated heterocycles. The first-order valence-corrected chi connectivity index (χ1v) is 15.1. The Bertz CT molecular complexity index is 1510. The van der Waals surface area contributed by atoms with E-state index in [0.29, 0.717) is 64.3 Å². The van der Waals surface area contributed by atoms with E-state index in [9.17, 15) is 14.4 Å². The standard InChI is InChI=1S/C34H38BrNO6/c1-18-9-8-10-22(19(18)2)36-28(39)17-41-32-21(35)11-20(12-25(32)40-7)29-30-23(37)13-33(3,4)15-26(30)42-27-16-34(5,6)14-24(38)31(27)29/h8-12,29H,13-17H2,1-7H3,(H,36,39). The van der Waals surface area contributed by atoms with E-state index in [2.05, 4.69) is 48.9 Å². The summed E-state index contributed by atoms with van der Waals surface area (Å²) in [6.45, 7) is 12.0. The number of Topliss-reactive ketones (excluding diaryl/α,β-unsaturated/α-hetero) is 2. The first-order chi connectivity index (χ1) is 19.7. The second kappa shape index (κ2) is 11.0. The number of carbonyl (C=O) groups is 3. The molecule has 0 bridgehead atoms. The molecule has 0 radical (unpaired) electrons. The van der Waals surface area contributed by atoms with Gasteiger partial charge in [-0.05, 0) is 75.5 Å². The second-order valence-corrected chi connectivity index (χ2v) is 14.1. The number of nitrogens with one attached hydrogen (secondary N) is 1. The molecule has 1 aliphatic heterocycles. The van der Waals surface area contributed by atoms with Gasteiger partial charge in [0, 0.05) is 48.4 Å². The van der Waals surface area contributed by atoms with Gasteiger partial charge in [-0.2, -0.15) is 0 Å². The minimum Gasteiger partial charge on any atom is -0.493 e. The molecule has 2 aliphatic carbocycles. The lowest BCUT2D eigenvalue weighted by Crippen LogP contribution is -2.37. The zero-order valence-corrected chi connectivity index (χ0v) is 26.9. The summed E-state index contributed by atoms with van der Waals surface area (Å²) in [6, 6.07) is 9.39. The number of hydrogen-bond donors (Lipinski definition) is 1. The summed E-state index contributed by atoms with van der Waals surface area (Å²) < 4.78 is 18.6. The summed E-state index contributed by atoms with van der Waals surface area (Å²) in [5.41, 5.74) is 4.18. The van der Waals surface area contributed by atoms with Gasteiger partial charge >= 0.3 is 0 Å². The number of hydrogen-bond acceptors (Lipinski definition) is 6. The number of amides is 1. The van der Waals surface area contributed by atoms with Gasteiger partial charge in [0.2, 0.25) is 0 Å². The van der Waals surface area contributed by atoms with Gasteiger partial charge in [0.25, 0.3) is 5.91 Å². The average Bonchev–Trinajstić information content (AvgIpc) is 2.87. The Morgan fingerprint density at radius 3 is 2.14 bits per heavy atom.